The van der Waals surface area contributed by atoms with Gasteiger partial charge in [0.25, 0.3) is 0 Å². The van der Waals surface area contributed by atoms with Gasteiger partial charge >= 0.3 is 5.97 Å². The molecule has 1 aliphatic heterocycles. The first-order chi connectivity index (χ1) is 10.1. The zero-order valence-corrected chi connectivity index (χ0v) is 11.5. The standard InChI is InChI=1S/C15H17NO5/c17-14(9-1-3-10(4-2-9)15(18)19)16-11-5-6-12-13(7-11)21-8-20-12/h5-7,9-10H,1-4,8H2,(H,16,17)(H,18,19). The van der Waals surface area contributed by atoms with Gasteiger partial charge in [-0.2, -0.15) is 0 Å². The molecule has 0 aromatic heterocycles. The average molecular weight is 291 g/mol. The summed E-state index contributed by atoms with van der Waals surface area (Å²) in [5.41, 5.74) is 0.671. The summed E-state index contributed by atoms with van der Waals surface area (Å²) < 4.78 is 10.5. The molecular weight excluding hydrogens is 274 g/mol. The summed E-state index contributed by atoms with van der Waals surface area (Å²) in [4.78, 5) is 23.1. The van der Waals surface area contributed by atoms with Crippen molar-refractivity contribution in [3.63, 3.8) is 0 Å². The molecule has 1 amide bonds. The van der Waals surface area contributed by atoms with E-state index in [2.05, 4.69) is 5.32 Å². The van der Waals surface area contributed by atoms with Crippen LogP contribution in [0.2, 0.25) is 0 Å². The molecule has 6 nitrogen and oxygen atoms in total. The second-order valence-corrected chi connectivity index (χ2v) is 5.44. The minimum Gasteiger partial charge on any atom is -0.481 e. The van der Waals surface area contributed by atoms with Crippen LogP contribution in [0.25, 0.3) is 0 Å². The molecule has 0 atom stereocenters. The fourth-order valence-electron chi connectivity index (χ4n) is 2.82. The molecule has 0 bridgehead atoms. The highest BCUT2D eigenvalue weighted by Gasteiger charge is 2.29. The molecule has 112 valence electrons. The van der Waals surface area contributed by atoms with Crippen LogP contribution in [0.5, 0.6) is 11.5 Å². The predicted molar refractivity (Wildman–Crippen MR) is 74.3 cm³/mol. The molecular formula is C15H17NO5. The Bertz CT molecular complexity index is 563. The number of nitrogens with one attached hydrogen (secondary N) is 1. The van der Waals surface area contributed by atoms with Gasteiger partial charge in [0.2, 0.25) is 12.7 Å². The number of rotatable bonds is 3. The molecule has 1 aliphatic carbocycles. The van der Waals surface area contributed by atoms with E-state index in [4.69, 9.17) is 14.6 Å². The number of carbonyl (C=O) groups excluding carboxylic acids is 1. The summed E-state index contributed by atoms with van der Waals surface area (Å²) in [5, 5.41) is 11.8. The number of amides is 1. The predicted octanol–water partition coefficient (Wildman–Crippen LogP) is 2.24. The van der Waals surface area contributed by atoms with Gasteiger partial charge in [-0.25, -0.2) is 0 Å². The molecule has 0 saturated heterocycles. The van der Waals surface area contributed by atoms with Gasteiger partial charge in [-0.1, -0.05) is 0 Å². The number of ether oxygens (including phenoxy) is 2. The Morgan fingerprint density at radius 2 is 1.71 bits per heavy atom. The van der Waals surface area contributed by atoms with Gasteiger partial charge in [-0.3, -0.25) is 9.59 Å². The number of aliphatic carboxylic acids is 1. The molecule has 1 aromatic carbocycles. The van der Waals surface area contributed by atoms with Crippen molar-refractivity contribution in [2.75, 3.05) is 12.1 Å². The van der Waals surface area contributed by atoms with Crippen LogP contribution in [0, 0.1) is 11.8 Å². The lowest BCUT2D eigenvalue weighted by molar-refractivity contribution is -0.143. The number of benzene rings is 1. The lowest BCUT2D eigenvalue weighted by Gasteiger charge is -2.25. The highest BCUT2D eigenvalue weighted by atomic mass is 16.7. The number of hydrogen-bond acceptors (Lipinski definition) is 4. The second-order valence-electron chi connectivity index (χ2n) is 5.44. The first-order valence-corrected chi connectivity index (χ1v) is 7.07. The van der Waals surface area contributed by atoms with Crippen molar-refractivity contribution >= 4 is 17.6 Å². The van der Waals surface area contributed by atoms with Gasteiger partial charge in [0, 0.05) is 17.7 Å². The Balaban J connectivity index is 1.58. The summed E-state index contributed by atoms with van der Waals surface area (Å²) in [6.07, 6.45) is 2.36. The van der Waals surface area contributed by atoms with Crippen LogP contribution in [0.15, 0.2) is 18.2 Å². The number of carboxylic acids is 1. The summed E-state index contributed by atoms with van der Waals surface area (Å²) in [7, 11) is 0. The Morgan fingerprint density at radius 3 is 2.43 bits per heavy atom. The van der Waals surface area contributed by atoms with Gasteiger partial charge in [0.15, 0.2) is 11.5 Å². The minimum atomic E-state index is -0.760. The van der Waals surface area contributed by atoms with Crippen LogP contribution >= 0.6 is 0 Å². The Hall–Kier alpha value is -2.24. The molecule has 2 aliphatic rings. The molecule has 0 unspecified atom stereocenters. The molecule has 0 spiro atoms. The quantitative estimate of drug-likeness (QED) is 0.892. The molecule has 1 aromatic rings. The van der Waals surface area contributed by atoms with Crippen molar-refractivity contribution in [2.24, 2.45) is 11.8 Å². The van der Waals surface area contributed by atoms with Gasteiger partial charge in [-0.15, -0.1) is 0 Å². The summed E-state index contributed by atoms with van der Waals surface area (Å²) in [5.74, 6) is 0.0605. The van der Waals surface area contributed by atoms with Gasteiger partial charge in [0.05, 0.1) is 5.92 Å². The maximum Gasteiger partial charge on any atom is 0.306 e. The van der Waals surface area contributed by atoms with E-state index in [0.717, 1.165) is 0 Å². The topological polar surface area (TPSA) is 84.9 Å². The lowest BCUT2D eigenvalue weighted by atomic mass is 9.81. The van der Waals surface area contributed by atoms with Crippen molar-refractivity contribution in [2.45, 2.75) is 25.7 Å². The molecule has 21 heavy (non-hydrogen) atoms. The van der Waals surface area contributed by atoms with E-state index in [1.54, 1.807) is 18.2 Å². The number of carbonyl (C=O) groups is 2. The highest BCUT2D eigenvalue weighted by Crippen LogP contribution is 2.35. The number of carboxylic acid groups (broad SMARTS) is 1. The first-order valence-electron chi connectivity index (χ1n) is 7.07. The van der Waals surface area contributed by atoms with Crippen molar-refractivity contribution in [3.8, 4) is 11.5 Å². The zero-order chi connectivity index (χ0) is 14.8. The Morgan fingerprint density at radius 1 is 1.05 bits per heavy atom. The van der Waals surface area contributed by atoms with Crippen molar-refractivity contribution in [1.82, 2.24) is 0 Å². The van der Waals surface area contributed by atoms with Crippen molar-refractivity contribution < 1.29 is 24.2 Å². The number of anilines is 1. The van der Waals surface area contributed by atoms with Gasteiger partial charge in [-0.05, 0) is 37.8 Å². The first kappa shape index (κ1) is 13.7. The smallest absolute Gasteiger partial charge is 0.306 e. The fraction of sp³-hybridized carbons (Fsp3) is 0.467. The van der Waals surface area contributed by atoms with E-state index in [1.807, 2.05) is 0 Å². The Kier molecular flexibility index (Phi) is 3.68. The molecule has 1 saturated carbocycles. The van der Waals surface area contributed by atoms with Crippen LogP contribution in [-0.4, -0.2) is 23.8 Å². The van der Waals surface area contributed by atoms with E-state index < -0.39 is 5.97 Å². The van der Waals surface area contributed by atoms with Gasteiger partial charge < -0.3 is 19.9 Å². The largest absolute Gasteiger partial charge is 0.481 e. The fourth-order valence-corrected chi connectivity index (χ4v) is 2.82. The lowest BCUT2D eigenvalue weighted by Crippen LogP contribution is -2.29. The Labute approximate surface area is 122 Å². The van der Waals surface area contributed by atoms with E-state index in [-0.39, 0.29) is 24.5 Å². The van der Waals surface area contributed by atoms with E-state index in [9.17, 15) is 9.59 Å². The van der Waals surface area contributed by atoms with Crippen molar-refractivity contribution in [1.29, 1.82) is 0 Å². The maximum absolute atomic E-state index is 12.2. The number of hydrogen-bond donors (Lipinski definition) is 2. The molecule has 3 rings (SSSR count). The SMILES string of the molecule is O=C(O)C1CCC(C(=O)Nc2ccc3c(c2)OCO3)CC1. The highest BCUT2D eigenvalue weighted by molar-refractivity contribution is 5.93. The third-order valence-electron chi connectivity index (χ3n) is 4.09. The monoisotopic (exact) mass is 291 g/mol. The third-order valence-corrected chi connectivity index (χ3v) is 4.09. The maximum atomic E-state index is 12.2. The summed E-state index contributed by atoms with van der Waals surface area (Å²) in [6.45, 7) is 0.200. The average Bonchev–Trinajstić information content (AvgIpc) is 2.95. The molecule has 1 fully saturated rings. The molecule has 6 heteroatoms. The molecule has 1 heterocycles. The minimum absolute atomic E-state index is 0.0577. The van der Waals surface area contributed by atoms with Crippen LogP contribution in [0.4, 0.5) is 5.69 Å². The normalized spacial score (nSPS) is 23.6. The second kappa shape index (κ2) is 5.63. The van der Waals surface area contributed by atoms with E-state index in [1.165, 1.54) is 0 Å². The molecule has 0 radical (unpaired) electrons. The van der Waals surface area contributed by atoms with Crippen LogP contribution < -0.4 is 14.8 Å². The van der Waals surface area contributed by atoms with Crippen LogP contribution in [-0.2, 0) is 9.59 Å². The van der Waals surface area contributed by atoms with Crippen LogP contribution in [0.3, 0.4) is 0 Å². The summed E-state index contributed by atoms with van der Waals surface area (Å²) >= 11 is 0. The third kappa shape index (κ3) is 2.94. The van der Waals surface area contributed by atoms with E-state index in [0.29, 0.717) is 42.9 Å². The number of fused-ring (bicyclic) bond motifs is 1. The zero-order valence-electron chi connectivity index (χ0n) is 11.5. The summed E-state index contributed by atoms with van der Waals surface area (Å²) in [6, 6.07) is 5.27. The van der Waals surface area contributed by atoms with Gasteiger partial charge in [0.1, 0.15) is 0 Å². The van der Waals surface area contributed by atoms with Crippen molar-refractivity contribution in [3.05, 3.63) is 18.2 Å². The van der Waals surface area contributed by atoms with Crippen LogP contribution in [0.1, 0.15) is 25.7 Å². The molecule has 2 N–H and O–H groups in total. The van der Waals surface area contributed by atoms with E-state index >= 15 is 0 Å².